The molecule has 0 radical (unpaired) electrons. The predicted octanol–water partition coefficient (Wildman–Crippen LogP) is 6.44. The Labute approximate surface area is 204 Å². The molecule has 0 aliphatic heterocycles. The Morgan fingerprint density at radius 2 is 1.68 bits per heavy atom. The zero-order valence-corrected chi connectivity index (χ0v) is 20.0. The molecule has 0 bridgehead atoms. The van der Waals surface area contributed by atoms with E-state index in [1.165, 1.54) is 32.1 Å². The van der Waals surface area contributed by atoms with E-state index in [1.54, 1.807) is 12.1 Å². The quantitative estimate of drug-likeness (QED) is 0.111. The maximum Gasteiger partial charge on any atom is 2.00 e. The van der Waals surface area contributed by atoms with E-state index in [9.17, 15) is 9.90 Å². The summed E-state index contributed by atoms with van der Waals surface area (Å²) in [7, 11) is 0. The minimum Gasteiger partial charge on any atom is -1.00 e. The summed E-state index contributed by atoms with van der Waals surface area (Å²) in [6, 6.07) is 9.24. The third-order valence-electron chi connectivity index (χ3n) is 4.69. The fourth-order valence-corrected chi connectivity index (χ4v) is 3.03. The first-order chi connectivity index (χ1) is 13.2. The molecule has 0 unspecified atom stereocenters. The van der Waals surface area contributed by atoms with Crippen LogP contribution in [0.25, 0.3) is 0 Å². The topological polar surface area (TPSA) is 46.5 Å². The molecule has 0 amide bonds. The number of benzene rings is 1. The number of ether oxygens (including phenoxy) is 1. The van der Waals surface area contributed by atoms with E-state index in [1.807, 2.05) is 18.2 Å². The van der Waals surface area contributed by atoms with Crippen LogP contribution in [-0.2, 0) is 4.79 Å². The maximum absolute atomic E-state index is 11.7. The molecule has 0 saturated carbocycles. The van der Waals surface area contributed by atoms with E-state index >= 15 is 0 Å². The van der Waals surface area contributed by atoms with Crippen molar-refractivity contribution in [1.82, 2.24) is 0 Å². The minimum absolute atomic E-state index is 0. The van der Waals surface area contributed by atoms with Crippen molar-refractivity contribution in [3.8, 4) is 5.75 Å². The molecule has 1 N–H and O–H groups in total. The predicted molar refractivity (Wildman–Crippen MR) is 121 cm³/mol. The molecule has 0 aromatic heterocycles. The number of rotatable bonds is 16. The summed E-state index contributed by atoms with van der Waals surface area (Å²) in [6.07, 6.45) is 17.8. The SMILES string of the molecule is CCCCCC[C@@H](O)C/C=C\CCCCCCCC(=O)Oc1ccccc1.[Ca+2].[H-].[H-]. The van der Waals surface area contributed by atoms with Gasteiger partial charge in [-0.05, 0) is 44.2 Å². The van der Waals surface area contributed by atoms with Gasteiger partial charge < -0.3 is 12.7 Å². The second kappa shape index (κ2) is 19.9. The van der Waals surface area contributed by atoms with Gasteiger partial charge in [0.15, 0.2) is 0 Å². The molecular formula is C24H40CaO3. The number of unbranched alkanes of at least 4 members (excludes halogenated alkanes) is 8. The summed E-state index contributed by atoms with van der Waals surface area (Å²) < 4.78 is 5.27. The van der Waals surface area contributed by atoms with Gasteiger partial charge in [-0.1, -0.05) is 82.2 Å². The molecule has 1 atom stereocenters. The van der Waals surface area contributed by atoms with Crippen molar-refractivity contribution in [2.75, 3.05) is 0 Å². The summed E-state index contributed by atoms with van der Waals surface area (Å²) in [6.45, 7) is 2.21. The molecule has 1 rings (SSSR count). The zero-order chi connectivity index (χ0) is 19.6. The van der Waals surface area contributed by atoms with Crippen LogP contribution in [0.2, 0.25) is 0 Å². The normalized spacial score (nSPS) is 11.9. The number of carbonyl (C=O) groups excluding carboxylic acids is 1. The number of para-hydroxylation sites is 1. The summed E-state index contributed by atoms with van der Waals surface area (Å²) >= 11 is 0. The average molecular weight is 417 g/mol. The molecular weight excluding hydrogens is 376 g/mol. The van der Waals surface area contributed by atoms with Crippen LogP contribution in [0.3, 0.4) is 0 Å². The summed E-state index contributed by atoms with van der Waals surface area (Å²) in [5, 5.41) is 9.90. The fourth-order valence-electron chi connectivity index (χ4n) is 3.03. The van der Waals surface area contributed by atoms with Crippen LogP contribution >= 0.6 is 0 Å². The summed E-state index contributed by atoms with van der Waals surface area (Å²) in [5.74, 6) is 0.484. The van der Waals surface area contributed by atoms with Crippen LogP contribution in [0.5, 0.6) is 5.75 Å². The molecule has 3 nitrogen and oxygen atoms in total. The second-order valence-corrected chi connectivity index (χ2v) is 7.30. The van der Waals surface area contributed by atoms with Gasteiger partial charge in [0.1, 0.15) is 5.75 Å². The summed E-state index contributed by atoms with van der Waals surface area (Å²) in [4.78, 5) is 11.7. The largest absolute Gasteiger partial charge is 2.00 e. The summed E-state index contributed by atoms with van der Waals surface area (Å²) in [5.41, 5.74) is 0. The zero-order valence-electron chi connectivity index (χ0n) is 19.8. The van der Waals surface area contributed by atoms with Crippen LogP contribution in [0, 0.1) is 0 Å². The van der Waals surface area contributed by atoms with E-state index in [2.05, 4.69) is 19.1 Å². The minimum atomic E-state index is -0.172. The fraction of sp³-hybridized carbons (Fsp3) is 0.625. The molecule has 1 aromatic carbocycles. The van der Waals surface area contributed by atoms with Crippen molar-refractivity contribution in [1.29, 1.82) is 0 Å². The van der Waals surface area contributed by atoms with Crippen molar-refractivity contribution < 1.29 is 17.5 Å². The molecule has 0 heterocycles. The van der Waals surface area contributed by atoms with Crippen LogP contribution in [0.15, 0.2) is 42.5 Å². The van der Waals surface area contributed by atoms with Crippen molar-refractivity contribution in [3.05, 3.63) is 42.5 Å². The van der Waals surface area contributed by atoms with E-state index in [4.69, 9.17) is 4.74 Å². The monoisotopic (exact) mass is 416 g/mol. The Morgan fingerprint density at radius 1 is 1.00 bits per heavy atom. The van der Waals surface area contributed by atoms with E-state index < -0.39 is 0 Å². The van der Waals surface area contributed by atoms with Gasteiger partial charge in [0, 0.05) is 6.42 Å². The van der Waals surface area contributed by atoms with Crippen LogP contribution in [0.1, 0.15) is 93.2 Å². The first-order valence-electron chi connectivity index (χ1n) is 10.8. The molecule has 4 heteroatoms. The van der Waals surface area contributed by atoms with Crippen molar-refractivity contribution in [2.45, 2.75) is 96.5 Å². The number of carbonyl (C=O) groups is 1. The first-order valence-corrected chi connectivity index (χ1v) is 10.8. The molecule has 0 aliphatic carbocycles. The molecule has 156 valence electrons. The number of aliphatic hydroxyl groups excluding tert-OH is 1. The molecule has 0 spiro atoms. The van der Waals surface area contributed by atoms with Crippen molar-refractivity contribution in [3.63, 3.8) is 0 Å². The number of hydrogen-bond acceptors (Lipinski definition) is 3. The first kappa shape index (κ1) is 27.6. The van der Waals surface area contributed by atoms with Crippen molar-refractivity contribution >= 4 is 43.7 Å². The van der Waals surface area contributed by atoms with E-state index in [-0.39, 0.29) is 52.7 Å². The van der Waals surface area contributed by atoms with Gasteiger partial charge in [-0.2, -0.15) is 0 Å². The van der Waals surface area contributed by atoms with Crippen LogP contribution in [-0.4, -0.2) is 54.9 Å². The Hall–Kier alpha value is -0.350. The van der Waals surface area contributed by atoms with E-state index in [0.717, 1.165) is 44.9 Å². The second-order valence-electron chi connectivity index (χ2n) is 7.30. The number of esters is 1. The van der Waals surface area contributed by atoms with Crippen LogP contribution in [0.4, 0.5) is 0 Å². The number of aliphatic hydroxyl groups is 1. The molecule has 28 heavy (non-hydrogen) atoms. The van der Waals surface area contributed by atoms with E-state index in [0.29, 0.717) is 12.2 Å². The van der Waals surface area contributed by atoms with Gasteiger partial charge in [0.2, 0.25) is 0 Å². The van der Waals surface area contributed by atoms with Gasteiger partial charge in [0.05, 0.1) is 6.10 Å². The Bertz CT molecular complexity index is 512. The van der Waals surface area contributed by atoms with Gasteiger partial charge in [0.25, 0.3) is 0 Å². The maximum atomic E-state index is 11.7. The smallest absolute Gasteiger partial charge is 1.00 e. The number of allylic oxidation sites excluding steroid dienone is 1. The standard InChI is InChI=1S/C24H38O3.Ca.2H/c1-2-3-4-12-17-22(25)18-13-9-7-5-6-8-10-16-21-24(26)27-23-19-14-11-15-20-23;;;/h9,11,13-15,19-20,22,25H,2-8,10,12,16-18,21H2,1H3;;;/q;+2;2*-1/b13-9-;;;/t22-;;;/m1.../s1. The van der Waals surface area contributed by atoms with Gasteiger partial charge in [-0.25, -0.2) is 0 Å². The van der Waals surface area contributed by atoms with Crippen molar-refractivity contribution in [2.24, 2.45) is 0 Å². The molecule has 0 fully saturated rings. The Balaban J connectivity index is -0.00000243. The van der Waals surface area contributed by atoms with Gasteiger partial charge in [-0.15, -0.1) is 0 Å². The molecule has 0 saturated heterocycles. The number of hydrogen-bond donors (Lipinski definition) is 1. The Kier molecular flexibility index (Phi) is 19.7. The third-order valence-corrected chi connectivity index (χ3v) is 4.69. The average Bonchev–Trinajstić information content (AvgIpc) is 2.67. The van der Waals surface area contributed by atoms with Gasteiger partial charge >= 0.3 is 43.7 Å². The third kappa shape index (κ3) is 16.6. The van der Waals surface area contributed by atoms with Crippen LogP contribution < -0.4 is 4.74 Å². The molecule has 1 aromatic rings. The molecule has 0 aliphatic rings. The van der Waals surface area contributed by atoms with Gasteiger partial charge in [-0.3, -0.25) is 4.79 Å². The Morgan fingerprint density at radius 3 is 2.43 bits per heavy atom.